The average molecular weight is 882 g/mol. The molecule has 0 heterocycles. The van der Waals surface area contributed by atoms with Gasteiger partial charge >= 0.3 is 12.2 Å². The first-order valence-corrected chi connectivity index (χ1v) is 22.1. The summed E-state index contributed by atoms with van der Waals surface area (Å²) in [5.41, 5.74) is 41.9. The fraction of sp³-hybridized carbons (Fsp3) is 0.574. The predicted octanol–water partition coefficient (Wildman–Crippen LogP) is 5.64. The van der Waals surface area contributed by atoms with Crippen molar-refractivity contribution >= 4 is 17.9 Å². The molecule has 16 nitrogen and oxygen atoms in total. The van der Waals surface area contributed by atoms with Crippen LogP contribution >= 0.6 is 0 Å². The number of hydrogen-bond donors (Lipinski definition) is 10. The second-order valence-electron chi connectivity index (χ2n) is 18.0. The van der Waals surface area contributed by atoms with E-state index in [4.69, 9.17) is 64.2 Å². The monoisotopic (exact) mass is 882 g/mol. The van der Waals surface area contributed by atoms with Crippen molar-refractivity contribution in [3.05, 3.63) is 83.9 Å². The zero-order valence-electron chi connectivity index (χ0n) is 38.8. The van der Waals surface area contributed by atoms with Gasteiger partial charge in [-0.05, 0) is 133 Å². The summed E-state index contributed by atoms with van der Waals surface area (Å²) in [6.07, 6.45) is 5.64. The molecule has 63 heavy (non-hydrogen) atoms. The molecule has 1 unspecified atom stereocenters. The summed E-state index contributed by atoms with van der Waals surface area (Å²) in [7, 11) is 0. The van der Waals surface area contributed by atoms with E-state index in [0.717, 1.165) is 73.3 Å². The number of alkyl carbamates (subject to hydrolysis) is 2. The van der Waals surface area contributed by atoms with E-state index in [9.17, 15) is 9.59 Å². The van der Waals surface area contributed by atoms with Crippen LogP contribution in [0, 0.1) is 0 Å². The molecule has 2 amide bonds. The van der Waals surface area contributed by atoms with Crippen LogP contribution in [0.4, 0.5) is 15.3 Å². The Hall–Kier alpha value is -4.84. The lowest BCUT2D eigenvalue weighted by molar-refractivity contribution is 0.0512. The molecule has 3 fully saturated rings. The molecule has 6 rings (SSSR count). The van der Waals surface area contributed by atoms with Crippen LogP contribution in [-0.4, -0.2) is 77.0 Å². The Kier molecular flexibility index (Phi) is 23.0. The first-order chi connectivity index (χ1) is 29.5. The van der Waals surface area contributed by atoms with Crippen LogP contribution in [0.25, 0.3) is 0 Å². The largest absolute Gasteiger partial charge is 0.508 e. The van der Waals surface area contributed by atoms with Crippen molar-refractivity contribution in [3.63, 3.8) is 0 Å². The van der Waals surface area contributed by atoms with E-state index in [1.165, 1.54) is 0 Å². The Bertz CT molecular complexity index is 1730. The minimum Gasteiger partial charge on any atom is -0.508 e. The maximum Gasteiger partial charge on any atom is 0.407 e. The highest BCUT2D eigenvalue weighted by Gasteiger charge is 2.32. The van der Waals surface area contributed by atoms with Gasteiger partial charge in [0.2, 0.25) is 0 Å². The third-order valence-corrected chi connectivity index (χ3v) is 9.67. The smallest absolute Gasteiger partial charge is 0.407 e. The number of ether oxygens (including phenoxy) is 4. The minimum atomic E-state index is -0.497. The SMILES string of the molecule is CC.CC(C)(C)OC(=O)NCc1ccc(O)cc1.CC(C)(C)OC(=O)NCc1ccc(O[C@H]2C[C@H](N)C[C@@H]2N)cc1.N[C@@H]1CC[C@H](N)C1.Nc1ccc(OC2C[C@@H](N)C[C@H]2N)cc1. The summed E-state index contributed by atoms with van der Waals surface area (Å²) in [5, 5.41) is 14.4. The highest BCUT2D eigenvalue weighted by Crippen LogP contribution is 2.25. The molecule has 3 aromatic rings. The molecule has 0 bridgehead atoms. The second kappa shape index (κ2) is 26.7. The summed E-state index contributed by atoms with van der Waals surface area (Å²) < 4.78 is 21.9. The average Bonchev–Trinajstić information content (AvgIpc) is 3.85. The van der Waals surface area contributed by atoms with Crippen molar-refractivity contribution in [2.45, 2.75) is 173 Å². The van der Waals surface area contributed by atoms with Crippen LogP contribution in [0.5, 0.6) is 17.2 Å². The fourth-order valence-electron chi connectivity index (χ4n) is 6.64. The van der Waals surface area contributed by atoms with Gasteiger partial charge in [0.25, 0.3) is 0 Å². The Morgan fingerprint density at radius 2 is 0.905 bits per heavy atom. The molecule has 0 saturated heterocycles. The molecule has 3 saturated carbocycles. The molecular formula is C47H79N9O7. The quantitative estimate of drug-likeness (QED) is 0.123. The van der Waals surface area contributed by atoms with E-state index in [1.807, 2.05) is 104 Å². The summed E-state index contributed by atoms with van der Waals surface area (Å²) >= 11 is 0. The molecule has 8 atom stereocenters. The van der Waals surface area contributed by atoms with Crippen molar-refractivity contribution in [2.24, 2.45) is 34.4 Å². The van der Waals surface area contributed by atoms with Gasteiger partial charge in [-0.2, -0.15) is 0 Å². The number of anilines is 1. The van der Waals surface area contributed by atoms with Gasteiger partial charge < -0.3 is 74.8 Å². The second-order valence-corrected chi connectivity index (χ2v) is 18.0. The molecule has 17 N–H and O–H groups in total. The molecule has 0 radical (unpaired) electrons. The number of amides is 2. The van der Waals surface area contributed by atoms with E-state index < -0.39 is 23.4 Å². The van der Waals surface area contributed by atoms with Crippen molar-refractivity contribution in [3.8, 4) is 17.2 Å². The van der Waals surface area contributed by atoms with E-state index in [2.05, 4.69) is 10.6 Å². The molecule has 0 spiro atoms. The van der Waals surface area contributed by atoms with Crippen molar-refractivity contribution in [1.29, 1.82) is 0 Å². The van der Waals surface area contributed by atoms with Crippen LogP contribution in [0.2, 0.25) is 0 Å². The Labute approximate surface area is 375 Å². The lowest BCUT2D eigenvalue weighted by atomic mass is 10.2. The molecule has 3 aliphatic carbocycles. The number of benzene rings is 3. The third-order valence-electron chi connectivity index (χ3n) is 9.67. The Morgan fingerprint density at radius 3 is 1.21 bits per heavy atom. The summed E-state index contributed by atoms with van der Waals surface area (Å²) in [6, 6.07) is 22.7. The number of carbonyl (C=O) groups is 2. The number of rotatable bonds is 8. The number of carbonyl (C=O) groups excluding carboxylic acids is 2. The topological polar surface area (TPSA) is 297 Å². The molecule has 3 aromatic carbocycles. The van der Waals surface area contributed by atoms with Crippen LogP contribution in [-0.2, 0) is 22.6 Å². The van der Waals surface area contributed by atoms with Crippen LogP contribution in [0.1, 0.15) is 111 Å². The summed E-state index contributed by atoms with van der Waals surface area (Å²) in [6.45, 7) is 15.7. The lowest BCUT2D eigenvalue weighted by Gasteiger charge is -2.20. The first kappa shape index (κ1) is 54.3. The van der Waals surface area contributed by atoms with Gasteiger partial charge in [0.15, 0.2) is 0 Å². The maximum atomic E-state index is 11.6. The normalized spacial score (nSPS) is 23.7. The third kappa shape index (κ3) is 23.4. The van der Waals surface area contributed by atoms with E-state index in [1.54, 1.807) is 24.3 Å². The maximum absolute atomic E-state index is 11.6. The molecule has 354 valence electrons. The standard InChI is InChI=1S/C17H27N3O3.C12H17NO3.C11H17N3O.C5H12N2.C2H6/c1-17(2,3)23-16(21)20-10-11-4-6-13(7-5-11)22-15-9-12(18)8-14(15)19;1-12(2,3)16-11(15)13-8-9-4-6-10(14)7-5-9;12-7-1-3-9(4-2-7)15-11-6-8(13)5-10(11)14;6-4-1-2-5(7)3-4;1-2/h4-7,12,14-15H,8-10,18-19H2,1-3H3,(H,20,21);4-7,14H,8H2,1-3H3,(H,13,15);1-4,8,10-11H,5-6,12-14H2;4-5H,1-3,6-7H2;1-2H3/t12-,14+,15+;;8-,10+,11?;4-,5+;/m1.0../s1. The summed E-state index contributed by atoms with van der Waals surface area (Å²) in [5.74, 6) is 1.78. The van der Waals surface area contributed by atoms with Crippen molar-refractivity contribution < 1.29 is 33.6 Å². The van der Waals surface area contributed by atoms with Crippen LogP contribution in [0.3, 0.4) is 0 Å². The van der Waals surface area contributed by atoms with Crippen LogP contribution in [0.15, 0.2) is 72.8 Å². The highest BCUT2D eigenvalue weighted by atomic mass is 16.6. The van der Waals surface area contributed by atoms with Gasteiger partial charge in [-0.25, -0.2) is 9.59 Å². The first-order valence-electron chi connectivity index (χ1n) is 22.1. The van der Waals surface area contributed by atoms with E-state index in [-0.39, 0.29) is 42.1 Å². The van der Waals surface area contributed by atoms with E-state index in [0.29, 0.717) is 25.2 Å². The number of hydrogen-bond acceptors (Lipinski definition) is 14. The number of nitrogens with two attached hydrogens (primary N) is 7. The molecular weight excluding hydrogens is 803 g/mol. The molecule has 16 heteroatoms. The Balaban J connectivity index is 0.000000302. The number of nitrogens with one attached hydrogen (secondary N) is 2. The highest BCUT2D eigenvalue weighted by molar-refractivity contribution is 5.68. The van der Waals surface area contributed by atoms with Gasteiger partial charge in [-0.3, -0.25) is 0 Å². The zero-order valence-corrected chi connectivity index (χ0v) is 38.8. The minimum absolute atomic E-state index is 0.0153. The molecule has 3 aliphatic rings. The van der Waals surface area contributed by atoms with Crippen LogP contribution < -0.4 is 60.2 Å². The lowest BCUT2D eigenvalue weighted by Crippen LogP contribution is -2.33. The van der Waals surface area contributed by atoms with Gasteiger partial charge in [0.05, 0.1) is 0 Å². The number of phenols is 1. The van der Waals surface area contributed by atoms with Gasteiger partial charge in [-0.1, -0.05) is 38.1 Å². The van der Waals surface area contributed by atoms with Gasteiger partial charge in [0.1, 0.15) is 40.7 Å². The fourth-order valence-corrected chi connectivity index (χ4v) is 6.64. The van der Waals surface area contributed by atoms with Crippen molar-refractivity contribution in [1.82, 2.24) is 10.6 Å². The molecule has 0 aromatic heterocycles. The predicted molar refractivity (Wildman–Crippen MR) is 252 cm³/mol. The van der Waals surface area contributed by atoms with Gasteiger partial charge in [0, 0.05) is 67.9 Å². The summed E-state index contributed by atoms with van der Waals surface area (Å²) in [4.78, 5) is 22.9. The van der Waals surface area contributed by atoms with E-state index >= 15 is 0 Å². The van der Waals surface area contributed by atoms with Crippen molar-refractivity contribution in [2.75, 3.05) is 5.73 Å². The zero-order chi connectivity index (χ0) is 47.3. The van der Waals surface area contributed by atoms with Gasteiger partial charge in [-0.15, -0.1) is 0 Å². The molecule has 0 aliphatic heterocycles. The Morgan fingerprint density at radius 1 is 0.556 bits per heavy atom. The number of nitrogen functional groups attached to an aromatic ring is 1. The number of aromatic hydroxyl groups is 1. The number of phenolic OH excluding ortho intramolecular Hbond substituents is 1.